The fourth-order valence-corrected chi connectivity index (χ4v) is 5.21. The highest BCUT2D eigenvalue weighted by molar-refractivity contribution is 7.95. The van der Waals surface area contributed by atoms with E-state index in [-0.39, 0.29) is 29.3 Å². The van der Waals surface area contributed by atoms with Crippen LogP contribution < -0.4 is 15.0 Å². The summed E-state index contributed by atoms with van der Waals surface area (Å²) in [6.07, 6.45) is 1.64. The Morgan fingerprint density at radius 3 is 2.36 bits per heavy atom. The van der Waals surface area contributed by atoms with Crippen LogP contribution in [0.1, 0.15) is 36.1 Å². The Labute approximate surface area is 209 Å². The van der Waals surface area contributed by atoms with Gasteiger partial charge in [-0.3, -0.25) is 14.3 Å². The summed E-state index contributed by atoms with van der Waals surface area (Å²) < 4.78 is 48.3. The number of aromatic nitrogens is 1. The number of ether oxygens (including phenoxy) is 1. The lowest BCUT2D eigenvalue weighted by molar-refractivity contribution is -0.121. The zero-order valence-corrected chi connectivity index (χ0v) is 21.5. The number of hydrogen-bond donors (Lipinski definition) is 1. The van der Waals surface area contributed by atoms with Gasteiger partial charge in [-0.25, -0.2) is 12.8 Å². The van der Waals surface area contributed by atoms with Crippen LogP contribution in [0.15, 0.2) is 53.3 Å². The number of rotatable bonds is 6. The molecule has 0 aliphatic heterocycles. The van der Waals surface area contributed by atoms with Crippen molar-refractivity contribution in [1.29, 1.82) is 0 Å². The van der Waals surface area contributed by atoms with Crippen molar-refractivity contribution in [3.63, 3.8) is 0 Å². The van der Waals surface area contributed by atoms with Crippen LogP contribution in [0.25, 0.3) is 11.1 Å². The highest BCUT2D eigenvalue weighted by Crippen LogP contribution is 2.45. The van der Waals surface area contributed by atoms with Crippen molar-refractivity contribution in [2.24, 2.45) is 7.05 Å². The number of carbonyl (C=O) groups excluding carboxylic acids is 1. The average molecular weight is 511 g/mol. The number of anilines is 1. The summed E-state index contributed by atoms with van der Waals surface area (Å²) in [6, 6.07) is 7.44. The van der Waals surface area contributed by atoms with Crippen LogP contribution >= 0.6 is 0 Å². The zero-order chi connectivity index (χ0) is 26.6. The molecule has 0 saturated heterocycles. The average Bonchev–Trinajstić information content (AvgIpc) is 3.03. The van der Waals surface area contributed by atoms with Crippen molar-refractivity contribution in [1.82, 2.24) is 4.57 Å². The molecule has 1 aliphatic rings. The Bertz CT molecular complexity index is 1580. The normalized spacial score (nSPS) is 14.4. The summed E-state index contributed by atoms with van der Waals surface area (Å²) in [5.41, 5.74) is 2.23. The molecule has 4 rings (SSSR count). The van der Waals surface area contributed by atoms with Gasteiger partial charge in [-0.05, 0) is 74.7 Å². The molecular formula is C27H27FN2O5S. The van der Waals surface area contributed by atoms with Gasteiger partial charge in [0.2, 0.25) is 0 Å². The maximum absolute atomic E-state index is 13.9. The molecule has 0 amide bonds. The predicted molar refractivity (Wildman–Crippen MR) is 138 cm³/mol. The maximum Gasteiger partial charge on any atom is 0.254 e. The number of carbonyl (C=O) groups is 1. The lowest BCUT2D eigenvalue weighted by Gasteiger charge is -2.24. The number of hydrogen-bond acceptors (Lipinski definition) is 5. The van der Waals surface area contributed by atoms with Crippen molar-refractivity contribution >= 4 is 21.5 Å². The standard InChI is InChI=1S/C27H27FN2O5S/c1-7-36(33,34)29-18-8-9-22(35-25-15(2)10-17(28)11-16(25)3)19(12-18)21-14-30(6)26(32)20-13-23(31)27(4,5)24(20)21/h7-12,14,29H,1,13H2,2-6H3. The van der Waals surface area contributed by atoms with Gasteiger partial charge in [0.05, 0.1) is 0 Å². The van der Waals surface area contributed by atoms with E-state index in [1.807, 2.05) is 0 Å². The molecule has 9 heteroatoms. The SMILES string of the molecule is C=CS(=O)(=O)Nc1ccc(Oc2c(C)cc(F)cc2C)c(-c2cn(C)c(=O)c3c2C(C)(C)C(=O)C3)c1. The number of Topliss-reactive ketones (excluding diaryl/α,β-unsaturated/α-hetero) is 1. The first kappa shape index (κ1) is 25.4. The minimum Gasteiger partial charge on any atom is -0.456 e. The maximum atomic E-state index is 13.9. The Kier molecular flexibility index (Phi) is 6.16. The van der Waals surface area contributed by atoms with Gasteiger partial charge in [0.25, 0.3) is 15.6 Å². The van der Waals surface area contributed by atoms with Crippen molar-refractivity contribution < 1.29 is 22.3 Å². The summed E-state index contributed by atoms with van der Waals surface area (Å²) in [6.45, 7) is 10.3. The van der Waals surface area contributed by atoms with Gasteiger partial charge in [-0.1, -0.05) is 6.58 Å². The third-order valence-corrected chi connectivity index (χ3v) is 7.48. The minimum absolute atomic E-state index is 0.0119. The fourth-order valence-electron chi connectivity index (χ4n) is 4.67. The predicted octanol–water partition coefficient (Wildman–Crippen LogP) is 4.89. The quantitative estimate of drug-likeness (QED) is 0.510. The monoisotopic (exact) mass is 510 g/mol. The second-order valence-corrected chi connectivity index (χ2v) is 11.2. The third kappa shape index (κ3) is 4.35. The molecule has 0 fully saturated rings. The van der Waals surface area contributed by atoms with Crippen LogP contribution in [0.5, 0.6) is 11.5 Å². The highest BCUT2D eigenvalue weighted by Gasteiger charge is 2.42. The van der Waals surface area contributed by atoms with Crippen LogP contribution in [0.3, 0.4) is 0 Å². The van der Waals surface area contributed by atoms with Gasteiger partial charge in [-0.2, -0.15) is 0 Å². The minimum atomic E-state index is -3.80. The summed E-state index contributed by atoms with van der Waals surface area (Å²) >= 11 is 0. The second-order valence-electron chi connectivity index (χ2n) is 9.53. The first-order chi connectivity index (χ1) is 16.7. The number of nitrogens with zero attached hydrogens (tertiary/aromatic N) is 1. The van der Waals surface area contributed by atoms with E-state index in [0.29, 0.717) is 44.9 Å². The molecule has 0 unspecified atom stereocenters. The van der Waals surface area contributed by atoms with E-state index >= 15 is 0 Å². The molecule has 0 spiro atoms. The van der Waals surface area contributed by atoms with Crippen LogP contribution in [0.2, 0.25) is 0 Å². The summed E-state index contributed by atoms with van der Waals surface area (Å²) in [5, 5.41) is 0.800. The van der Waals surface area contributed by atoms with Crippen molar-refractivity contribution in [2.45, 2.75) is 39.5 Å². The molecule has 1 aliphatic carbocycles. The van der Waals surface area contributed by atoms with E-state index in [1.54, 1.807) is 53.1 Å². The Hall–Kier alpha value is -3.72. The molecular weight excluding hydrogens is 483 g/mol. The van der Waals surface area contributed by atoms with Gasteiger partial charge in [0.1, 0.15) is 23.1 Å². The van der Waals surface area contributed by atoms with Crippen molar-refractivity contribution in [2.75, 3.05) is 4.72 Å². The van der Waals surface area contributed by atoms with Crippen LogP contribution in [-0.2, 0) is 33.7 Å². The molecule has 1 heterocycles. The van der Waals surface area contributed by atoms with Crippen molar-refractivity contribution in [3.05, 3.63) is 86.9 Å². The van der Waals surface area contributed by atoms with Gasteiger partial charge in [0.15, 0.2) is 0 Å². The summed E-state index contributed by atoms with van der Waals surface area (Å²) in [4.78, 5) is 25.8. The molecule has 0 bridgehead atoms. The number of nitrogens with one attached hydrogen (secondary N) is 1. The molecule has 36 heavy (non-hydrogen) atoms. The lowest BCUT2D eigenvalue weighted by atomic mass is 9.81. The number of sulfonamides is 1. The van der Waals surface area contributed by atoms with E-state index in [4.69, 9.17) is 4.74 Å². The number of benzene rings is 2. The zero-order valence-electron chi connectivity index (χ0n) is 20.7. The Morgan fingerprint density at radius 2 is 1.75 bits per heavy atom. The van der Waals surface area contributed by atoms with E-state index in [0.717, 1.165) is 5.41 Å². The number of fused-ring (bicyclic) bond motifs is 1. The topological polar surface area (TPSA) is 94.5 Å². The Balaban J connectivity index is 2.01. The fraction of sp³-hybridized carbons (Fsp3) is 0.259. The number of pyridine rings is 1. The summed E-state index contributed by atoms with van der Waals surface area (Å²) in [7, 11) is -2.20. The third-order valence-electron chi connectivity index (χ3n) is 6.52. The van der Waals surface area contributed by atoms with Crippen LogP contribution in [0, 0.1) is 19.7 Å². The van der Waals surface area contributed by atoms with Crippen LogP contribution in [0.4, 0.5) is 10.1 Å². The second kappa shape index (κ2) is 8.74. The number of aryl methyl sites for hydroxylation is 3. The van der Waals surface area contributed by atoms with E-state index in [9.17, 15) is 22.4 Å². The van der Waals surface area contributed by atoms with E-state index in [2.05, 4.69) is 11.3 Å². The molecule has 7 nitrogen and oxygen atoms in total. The van der Waals surface area contributed by atoms with E-state index in [1.165, 1.54) is 22.8 Å². The van der Waals surface area contributed by atoms with Gasteiger partial charge in [-0.15, -0.1) is 0 Å². The van der Waals surface area contributed by atoms with Gasteiger partial charge >= 0.3 is 0 Å². The molecule has 1 N–H and O–H groups in total. The number of ketones is 1. The van der Waals surface area contributed by atoms with Gasteiger partial charge < -0.3 is 9.30 Å². The number of halogens is 1. The Morgan fingerprint density at radius 1 is 1.11 bits per heavy atom. The smallest absolute Gasteiger partial charge is 0.254 e. The molecule has 0 atom stereocenters. The van der Waals surface area contributed by atoms with Gasteiger partial charge in [0, 0.05) is 52.9 Å². The molecule has 1 aromatic heterocycles. The van der Waals surface area contributed by atoms with E-state index < -0.39 is 15.4 Å². The molecule has 0 radical (unpaired) electrons. The summed E-state index contributed by atoms with van der Waals surface area (Å²) in [5.74, 6) is 0.334. The first-order valence-corrected chi connectivity index (χ1v) is 12.8. The molecule has 188 valence electrons. The highest BCUT2D eigenvalue weighted by atomic mass is 32.2. The molecule has 0 saturated carbocycles. The first-order valence-electron chi connectivity index (χ1n) is 11.3. The largest absolute Gasteiger partial charge is 0.456 e. The van der Waals surface area contributed by atoms with Crippen molar-refractivity contribution in [3.8, 4) is 22.6 Å². The lowest BCUT2D eigenvalue weighted by Crippen LogP contribution is -2.26. The molecule has 3 aromatic rings. The molecule has 2 aromatic carbocycles. The van der Waals surface area contributed by atoms with Crippen LogP contribution in [-0.4, -0.2) is 18.8 Å².